The summed E-state index contributed by atoms with van der Waals surface area (Å²) in [6, 6.07) is 6.20. The molecule has 1 aromatic carbocycles. The zero-order chi connectivity index (χ0) is 11.4. The van der Waals surface area contributed by atoms with Gasteiger partial charge in [0.05, 0.1) is 12.2 Å². The van der Waals surface area contributed by atoms with E-state index >= 15 is 0 Å². The maximum atomic E-state index is 13.4. The highest BCUT2D eigenvalue weighted by Gasteiger charge is 2.02. The third-order valence-corrected chi connectivity index (χ3v) is 2.22. The van der Waals surface area contributed by atoms with Crippen molar-refractivity contribution in [1.82, 2.24) is 9.97 Å². The SMILES string of the molecule is Fc1cc(Cl)ccc1NCc1ncccn1. The Morgan fingerprint density at radius 3 is 2.69 bits per heavy atom. The molecule has 0 saturated heterocycles. The Kier molecular flexibility index (Phi) is 3.31. The van der Waals surface area contributed by atoms with Gasteiger partial charge in [-0.25, -0.2) is 14.4 Å². The van der Waals surface area contributed by atoms with Crippen molar-refractivity contribution in [3.63, 3.8) is 0 Å². The first kappa shape index (κ1) is 10.8. The highest BCUT2D eigenvalue weighted by atomic mass is 35.5. The third kappa shape index (κ3) is 2.67. The molecule has 0 aliphatic carbocycles. The smallest absolute Gasteiger partial charge is 0.147 e. The molecule has 1 aromatic heterocycles. The van der Waals surface area contributed by atoms with Crippen molar-refractivity contribution >= 4 is 17.3 Å². The van der Waals surface area contributed by atoms with Gasteiger partial charge in [0.2, 0.25) is 0 Å². The summed E-state index contributed by atoms with van der Waals surface area (Å²) in [5, 5.41) is 3.27. The molecule has 5 heteroatoms. The first-order valence-corrected chi connectivity index (χ1v) is 5.08. The van der Waals surface area contributed by atoms with Gasteiger partial charge in [-0.1, -0.05) is 11.6 Å². The monoisotopic (exact) mass is 237 g/mol. The standard InChI is InChI=1S/C11H9ClFN3/c12-8-2-3-10(9(13)6-8)16-7-11-14-4-1-5-15-11/h1-6,16H,7H2. The van der Waals surface area contributed by atoms with Crippen molar-refractivity contribution in [2.45, 2.75) is 6.54 Å². The molecule has 0 aliphatic heterocycles. The summed E-state index contributed by atoms with van der Waals surface area (Å²) >= 11 is 5.64. The fourth-order valence-electron chi connectivity index (χ4n) is 1.23. The van der Waals surface area contributed by atoms with E-state index in [9.17, 15) is 4.39 Å². The third-order valence-electron chi connectivity index (χ3n) is 1.99. The van der Waals surface area contributed by atoms with Crippen molar-refractivity contribution in [1.29, 1.82) is 0 Å². The van der Waals surface area contributed by atoms with Gasteiger partial charge in [0.25, 0.3) is 0 Å². The Hall–Kier alpha value is -1.68. The van der Waals surface area contributed by atoms with Crippen molar-refractivity contribution in [3.8, 4) is 0 Å². The van der Waals surface area contributed by atoms with E-state index < -0.39 is 0 Å². The second-order valence-electron chi connectivity index (χ2n) is 3.14. The molecule has 0 atom stereocenters. The molecule has 0 spiro atoms. The summed E-state index contributed by atoms with van der Waals surface area (Å²) in [5.41, 5.74) is 0.386. The van der Waals surface area contributed by atoms with Gasteiger partial charge in [-0.05, 0) is 24.3 Å². The Balaban J connectivity index is 2.05. The fourth-order valence-corrected chi connectivity index (χ4v) is 1.39. The predicted octanol–water partition coefficient (Wildman–Crippen LogP) is 2.88. The molecular weight excluding hydrogens is 229 g/mol. The molecule has 3 nitrogen and oxygen atoms in total. The van der Waals surface area contributed by atoms with E-state index in [1.165, 1.54) is 6.07 Å². The number of rotatable bonds is 3. The quantitative estimate of drug-likeness (QED) is 0.892. The Morgan fingerprint density at radius 1 is 1.25 bits per heavy atom. The minimum absolute atomic E-state index is 0.374. The highest BCUT2D eigenvalue weighted by Crippen LogP contribution is 2.18. The number of nitrogens with one attached hydrogen (secondary N) is 1. The topological polar surface area (TPSA) is 37.8 Å². The van der Waals surface area contributed by atoms with Gasteiger partial charge in [0, 0.05) is 17.4 Å². The first-order valence-electron chi connectivity index (χ1n) is 4.70. The van der Waals surface area contributed by atoms with E-state index in [0.717, 1.165) is 0 Å². The predicted molar refractivity (Wildman–Crippen MR) is 60.8 cm³/mol. The van der Waals surface area contributed by atoms with E-state index in [2.05, 4.69) is 15.3 Å². The summed E-state index contributed by atoms with van der Waals surface area (Å²) < 4.78 is 13.4. The van der Waals surface area contributed by atoms with Gasteiger partial charge < -0.3 is 5.32 Å². The molecule has 0 saturated carbocycles. The van der Waals surface area contributed by atoms with Crippen molar-refractivity contribution in [2.75, 3.05) is 5.32 Å². The molecule has 2 rings (SSSR count). The van der Waals surface area contributed by atoms with Gasteiger partial charge in [-0.3, -0.25) is 0 Å². The molecular formula is C11H9ClFN3. The molecule has 0 amide bonds. The highest BCUT2D eigenvalue weighted by molar-refractivity contribution is 6.30. The molecule has 0 fully saturated rings. The Morgan fingerprint density at radius 2 is 2.00 bits per heavy atom. The molecule has 0 aliphatic rings. The summed E-state index contributed by atoms with van der Waals surface area (Å²) in [5.74, 6) is 0.222. The summed E-state index contributed by atoms with van der Waals surface area (Å²) in [4.78, 5) is 8.04. The van der Waals surface area contributed by atoms with Crippen LogP contribution in [0.25, 0.3) is 0 Å². The van der Waals surface area contributed by atoms with E-state index in [0.29, 0.717) is 23.1 Å². The van der Waals surface area contributed by atoms with E-state index in [4.69, 9.17) is 11.6 Å². The maximum Gasteiger partial charge on any atom is 0.147 e. The van der Waals surface area contributed by atoms with E-state index in [-0.39, 0.29) is 5.82 Å². The lowest BCUT2D eigenvalue weighted by atomic mass is 10.3. The Labute approximate surface area is 97.3 Å². The fraction of sp³-hybridized carbons (Fsp3) is 0.0909. The minimum atomic E-state index is -0.386. The second kappa shape index (κ2) is 4.90. The number of aromatic nitrogens is 2. The molecule has 16 heavy (non-hydrogen) atoms. The van der Waals surface area contributed by atoms with Crippen LogP contribution in [0.3, 0.4) is 0 Å². The zero-order valence-electron chi connectivity index (χ0n) is 8.32. The molecule has 82 valence electrons. The average molecular weight is 238 g/mol. The van der Waals surface area contributed by atoms with Crippen LogP contribution < -0.4 is 5.32 Å². The van der Waals surface area contributed by atoms with Gasteiger partial charge >= 0.3 is 0 Å². The lowest BCUT2D eigenvalue weighted by Gasteiger charge is -2.06. The van der Waals surface area contributed by atoms with Crippen LogP contribution in [0.15, 0.2) is 36.7 Å². The van der Waals surface area contributed by atoms with Gasteiger partial charge in [-0.15, -0.1) is 0 Å². The molecule has 0 bridgehead atoms. The van der Waals surface area contributed by atoms with Gasteiger partial charge in [0.15, 0.2) is 0 Å². The number of anilines is 1. The summed E-state index contributed by atoms with van der Waals surface area (Å²) in [6.07, 6.45) is 3.28. The van der Waals surface area contributed by atoms with Crippen molar-refractivity contribution < 1.29 is 4.39 Å². The van der Waals surface area contributed by atoms with Crippen LogP contribution in [0.5, 0.6) is 0 Å². The second-order valence-corrected chi connectivity index (χ2v) is 3.58. The normalized spacial score (nSPS) is 10.1. The largest absolute Gasteiger partial charge is 0.375 e. The number of benzene rings is 1. The molecule has 1 heterocycles. The maximum absolute atomic E-state index is 13.4. The molecule has 0 radical (unpaired) electrons. The number of halogens is 2. The van der Waals surface area contributed by atoms with E-state index in [1.807, 2.05) is 0 Å². The van der Waals surface area contributed by atoms with Gasteiger partial charge in [-0.2, -0.15) is 0 Å². The lowest BCUT2D eigenvalue weighted by Crippen LogP contribution is -2.04. The summed E-state index contributed by atoms with van der Waals surface area (Å²) in [7, 11) is 0. The van der Waals surface area contributed by atoms with Crippen LogP contribution in [0, 0.1) is 5.82 Å². The number of hydrogen-bond acceptors (Lipinski definition) is 3. The minimum Gasteiger partial charge on any atom is -0.375 e. The van der Waals surface area contributed by atoms with E-state index in [1.54, 1.807) is 30.6 Å². The van der Waals surface area contributed by atoms with Crippen LogP contribution in [0.2, 0.25) is 5.02 Å². The zero-order valence-corrected chi connectivity index (χ0v) is 9.08. The average Bonchev–Trinajstić information content (AvgIpc) is 2.29. The van der Waals surface area contributed by atoms with Gasteiger partial charge in [0.1, 0.15) is 11.6 Å². The number of hydrogen-bond donors (Lipinski definition) is 1. The lowest BCUT2D eigenvalue weighted by molar-refractivity contribution is 0.630. The number of nitrogens with zero attached hydrogens (tertiary/aromatic N) is 2. The van der Waals surface area contributed by atoms with Crippen molar-refractivity contribution in [2.24, 2.45) is 0 Å². The van der Waals surface area contributed by atoms with Crippen molar-refractivity contribution in [3.05, 3.63) is 53.3 Å². The van der Waals surface area contributed by atoms with Crippen LogP contribution in [0.4, 0.5) is 10.1 Å². The van der Waals surface area contributed by atoms with Crippen LogP contribution in [0.1, 0.15) is 5.82 Å². The molecule has 2 aromatic rings. The van der Waals surface area contributed by atoms with Crippen LogP contribution >= 0.6 is 11.6 Å². The summed E-state index contributed by atoms with van der Waals surface area (Å²) in [6.45, 7) is 0.374. The van der Waals surface area contributed by atoms with Crippen LogP contribution in [-0.2, 0) is 6.54 Å². The first-order chi connectivity index (χ1) is 7.75. The Bertz CT molecular complexity index is 476. The molecule has 1 N–H and O–H groups in total. The van der Waals surface area contributed by atoms with Crippen LogP contribution in [-0.4, -0.2) is 9.97 Å². The molecule has 0 unspecified atom stereocenters.